The normalized spacial score (nSPS) is 22.9. The Kier molecular flexibility index (Phi) is 11.1. The zero-order chi connectivity index (χ0) is 29.4. The molecule has 2 aromatic carbocycles. The standard InChI is InChI=1S/C31H44N4O5/c1-19(2)16-24-29(37)32-18-26(36)22-12-14-23(15-13-22)40-28(20(3)4)27(31(39)33-24)34-30(38)25(35(5)6)17-21-10-8-7-9-11-21/h7-15,19-20,24-28,36H,16-18H2,1-6H3,(H,32,37)(H,33,39)(H,34,38)/t24-,25-,26-,27+,28+/m0/s1. The monoisotopic (exact) mass is 552 g/mol. The highest BCUT2D eigenvalue weighted by Gasteiger charge is 2.38. The first-order chi connectivity index (χ1) is 19.0. The Hall–Kier alpha value is -3.43. The van der Waals surface area contributed by atoms with E-state index in [1.54, 1.807) is 24.3 Å². The first-order valence-corrected chi connectivity index (χ1v) is 14.0. The van der Waals surface area contributed by atoms with Crippen molar-refractivity contribution in [3.63, 3.8) is 0 Å². The molecule has 0 saturated heterocycles. The van der Waals surface area contributed by atoms with Crippen LogP contribution in [0.1, 0.15) is 51.3 Å². The lowest BCUT2D eigenvalue weighted by atomic mass is 9.95. The number of nitrogens with one attached hydrogen (secondary N) is 3. The number of benzene rings is 2. The number of carbonyl (C=O) groups excluding carboxylic acids is 3. The van der Waals surface area contributed by atoms with Crippen LogP contribution in [0.25, 0.3) is 0 Å². The number of hydrogen-bond donors (Lipinski definition) is 4. The minimum absolute atomic E-state index is 0.00227. The number of likely N-dealkylation sites (N-methyl/N-ethyl adjacent to an activating group) is 1. The molecule has 0 fully saturated rings. The van der Waals surface area contributed by atoms with Crippen LogP contribution < -0.4 is 20.7 Å². The van der Waals surface area contributed by atoms with Crippen LogP contribution in [0.4, 0.5) is 0 Å². The maximum absolute atomic E-state index is 13.9. The van der Waals surface area contributed by atoms with E-state index in [2.05, 4.69) is 16.0 Å². The number of nitrogens with zero attached hydrogens (tertiary/aromatic N) is 1. The van der Waals surface area contributed by atoms with Gasteiger partial charge in [-0.3, -0.25) is 19.3 Å². The average Bonchev–Trinajstić information content (AvgIpc) is 2.91. The van der Waals surface area contributed by atoms with Crippen LogP contribution >= 0.6 is 0 Å². The molecule has 0 aromatic heterocycles. The molecule has 2 aliphatic heterocycles. The number of amides is 3. The fourth-order valence-corrected chi connectivity index (χ4v) is 4.81. The van der Waals surface area contributed by atoms with Gasteiger partial charge in [-0.05, 0) is 62.0 Å². The van der Waals surface area contributed by atoms with E-state index < -0.39 is 42.1 Å². The van der Waals surface area contributed by atoms with E-state index in [0.717, 1.165) is 5.56 Å². The summed E-state index contributed by atoms with van der Waals surface area (Å²) in [6.45, 7) is 7.77. The van der Waals surface area contributed by atoms with Crippen LogP contribution in [0.5, 0.6) is 5.75 Å². The molecule has 3 amide bonds. The SMILES string of the molecule is CC(C)C[C@@H]1NC(=O)[C@H](NC(=O)[C@H](Cc2ccccc2)N(C)C)[C@@H](C(C)C)Oc2ccc(cc2)[C@@H](O)CNC1=O. The Morgan fingerprint density at radius 3 is 2.25 bits per heavy atom. The van der Waals surface area contributed by atoms with Crippen molar-refractivity contribution in [2.45, 2.75) is 70.9 Å². The van der Waals surface area contributed by atoms with Gasteiger partial charge in [-0.15, -0.1) is 0 Å². The van der Waals surface area contributed by atoms with E-state index in [0.29, 0.717) is 24.2 Å². The Bertz CT molecular complexity index is 1120. The van der Waals surface area contributed by atoms with E-state index in [4.69, 9.17) is 4.74 Å². The van der Waals surface area contributed by atoms with Crippen molar-refractivity contribution in [3.8, 4) is 5.75 Å². The molecule has 9 heteroatoms. The summed E-state index contributed by atoms with van der Waals surface area (Å²) >= 11 is 0. The molecule has 0 aliphatic carbocycles. The summed E-state index contributed by atoms with van der Waals surface area (Å²) in [7, 11) is 3.66. The first-order valence-electron chi connectivity index (χ1n) is 14.0. The van der Waals surface area contributed by atoms with Gasteiger partial charge in [0.15, 0.2) is 0 Å². The van der Waals surface area contributed by atoms with E-state index in [1.807, 2.05) is 77.0 Å². The van der Waals surface area contributed by atoms with E-state index in [-0.39, 0.29) is 24.3 Å². The van der Waals surface area contributed by atoms with Gasteiger partial charge in [0.2, 0.25) is 17.7 Å². The molecule has 4 rings (SSSR count). The van der Waals surface area contributed by atoms with Gasteiger partial charge < -0.3 is 25.8 Å². The Morgan fingerprint density at radius 2 is 1.68 bits per heavy atom. The van der Waals surface area contributed by atoms with Crippen LogP contribution in [0.2, 0.25) is 0 Å². The lowest BCUT2D eigenvalue weighted by Gasteiger charge is -2.34. The lowest BCUT2D eigenvalue weighted by Crippen LogP contribution is -2.62. The highest BCUT2D eigenvalue weighted by Crippen LogP contribution is 2.23. The molecule has 0 radical (unpaired) electrons. The van der Waals surface area contributed by atoms with Crippen molar-refractivity contribution in [2.24, 2.45) is 11.8 Å². The second-order valence-electron chi connectivity index (χ2n) is 11.5. The highest BCUT2D eigenvalue weighted by molar-refractivity contribution is 5.93. The van der Waals surface area contributed by atoms with Crippen LogP contribution in [-0.4, -0.2) is 72.6 Å². The number of fused-ring (bicyclic) bond motifs is 11. The number of aliphatic hydroxyl groups excluding tert-OH is 1. The second kappa shape index (κ2) is 14.3. The lowest BCUT2D eigenvalue weighted by molar-refractivity contribution is -0.136. The fraction of sp³-hybridized carbons (Fsp3) is 0.516. The smallest absolute Gasteiger partial charge is 0.247 e. The number of hydrogen-bond acceptors (Lipinski definition) is 6. The molecule has 2 aliphatic rings. The van der Waals surface area contributed by atoms with Crippen LogP contribution in [0.15, 0.2) is 54.6 Å². The van der Waals surface area contributed by atoms with E-state index >= 15 is 0 Å². The third-order valence-corrected chi connectivity index (χ3v) is 7.11. The van der Waals surface area contributed by atoms with Crippen LogP contribution in [0.3, 0.4) is 0 Å². The summed E-state index contributed by atoms with van der Waals surface area (Å²) in [6, 6.07) is 14.2. The molecule has 40 heavy (non-hydrogen) atoms. The molecule has 2 aromatic rings. The topological polar surface area (TPSA) is 120 Å². The van der Waals surface area contributed by atoms with Crippen LogP contribution in [-0.2, 0) is 20.8 Å². The first kappa shape index (κ1) is 31.1. The summed E-state index contributed by atoms with van der Waals surface area (Å²) in [4.78, 5) is 42.6. The van der Waals surface area contributed by atoms with Gasteiger partial charge in [-0.2, -0.15) is 0 Å². The second-order valence-corrected chi connectivity index (χ2v) is 11.5. The predicted octanol–water partition coefficient (Wildman–Crippen LogP) is 2.44. The molecule has 0 unspecified atom stereocenters. The number of aliphatic hydroxyl groups is 1. The summed E-state index contributed by atoms with van der Waals surface area (Å²) in [6.07, 6.45) is -0.783. The summed E-state index contributed by atoms with van der Waals surface area (Å²) < 4.78 is 6.32. The summed E-state index contributed by atoms with van der Waals surface area (Å²) in [5.41, 5.74) is 1.63. The Labute approximate surface area is 237 Å². The zero-order valence-electron chi connectivity index (χ0n) is 24.4. The number of rotatable bonds is 8. The van der Waals surface area contributed by atoms with E-state index in [1.165, 1.54) is 0 Å². The number of carbonyl (C=O) groups is 3. The fourth-order valence-electron chi connectivity index (χ4n) is 4.81. The maximum Gasteiger partial charge on any atom is 0.247 e. The molecule has 2 heterocycles. The van der Waals surface area contributed by atoms with Crippen LogP contribution in [0, 0.1) is 11.8 Å². The molecule has 4 N–H and O–H groups in total. The Balaban J connectivity index is 1.99. The maximum atomic E-state index is 13.9. The third-order valence-electron chi connectivity index (χ3n) is 7.11. The van der Waals surface area contributed by atoms with Crippen molar-refractivity contribution in [2.75, 3.05) is 20.6 Å². The zero-order valence-corrected chi connectivity index (χ0v) is 24.4. The molecule has 2 bridgehead atoms. The molecule has 9 nitrogen and oxygen atoms in total. The minimum Gasteiger partial charge on any atom is -0.487 e. The quantitative estimate of drug-likeness (QED) is 0.399. The summed E-state index contributed by atoms with van der Waals surface area (Å²) in [5.74, 6) is -0.751. The minimum atomic E-state index is -1.07. The van der Waals surface area contributed by atoms with Gasteiger partial charge in [-0.1, -0.05) is 70.2 Å². The Morgan fingerprint density at radius 1 is 1.02 bits per heavy atom. The predicted molar refractivity (Wildman–Crippen MR) is 155 cm³/mol. The van der Waals surface area contributed by atoms with Gasteiger partial charge in [0.25, 0.3) is 0 Å². The van der Waals surface area contributed by atoms with Gasteiger partial charge in [0.05, 0.1) is 12.1 Å². The summed E-state index contributed by atoms with van der Waals surface area (Å²) in [5, 5.41) is 19.2. The van der Waals surface area contributed by atoms with Crippen molar-refractivity contribution >= 4 is 17.7 Å². The van der Waals surface area contributed by atoms with Crippen molar-refractivity contribution < 1.29 is 24.2 Å². The number of ether oxygens (including phenoxy) is 1. The van der Waals surface area contributed by atoms with Crippen molar-refractivity contribution in [1.29, 1.82) is 0 Å². The molecular weight excluding hydrogens is 508 g/mol. The molecule has 0 spiro atoms. The molecular formula is C31H44N4O5. The molecule has 0 saturated carbocycles. The van der Waals surface area contributed by atoms with Gasteiger partial charge in [0.1, 0.15) is 23.9 Å². The molecule has 5 atom stereocenters. The van der Waals surface area contributed by atoms with Crippen molar-refractivity contribution in [3.05, 3.63) is 65.7 Å². The largest absolute Gasteiger partial charge is 0.487 e. The van der Waals surface area contributed by atoms with Gasteiger partial charge in [0, 0.05) is 6.54 Å². The molecule has 218 valence electrons. The van der Waals surface area contributed by atoms with Gasteiger partial charge in [-0.25, -0.2) is 0 Å². The average molecular weight is 553 g/mol. The third kappa shape index (κ3) is 8.53. The van der Waals surface area contributed by atoms with E-state index in [9.17, 15) is 19.5 Å². The van der Waals surface area contributed by atoms with Crippen molar-refractivity contribution in [1.82, 2.24) is 20.9 Å². The van der Waals surface area contributed by atoms with Gasteiger partial charge >= 0.3 is 0 Å². The highest BCUT2D eigenvalue weighted by atomic mass is 16.5.